The number of aromatic carboxylic acids is 1. The van der Waals surface area contributed by atoms with E-state index in [9.17, 15) is 14.4 Å². The first kappa shape index (κ1) is 17.2. The number of hydrogen-bond donors (Lipinski definition) is 2. The first-order chi connectivity index (χ1) is 11.6. The highest BCUT2D eigenvalue weighted by Crippen LogP contribution is 2.30. The minimum absolute atomic E-state index is 0.0151. The van der Waals surface area contributed by atoms with E-state index >= 15 is 0 Å². The monoisotopic (exact) mass is 369 g/mol. The smallest absolute Gasteiger partial charge is 0.355 e. The van der Waals surface area contributed by atoms with Crippen LogP contribution in [0.25, 0.3) is 0 Å². The molecule has 0 spiro atoms. The molecule has 2 N–H and O–H groups in total. The minimum atomic E-state index is -1.08. The molecule has 1 aromatic rings. The Bertz CT molecular complexity index is 642. The zero-order chi connectivity index (χ0) is 17.1. The number of rotatable bonds is 5. The Morgan fingerprint density at radius 1 is 1.33 bits per heavy atom. The van der Waals surface area contributed by atoms with Crippen LogP contribution in [-0.2, 0) is 16.1 Å². The summed E-state index contributed by atoms with van der Waals surface area (Å²) in [4.78, 5) is 41.5. The molecule has 1 aliphatic heterocycles. The van der Waals surface area contributed by atoms with Crippen molar-refractivity contribution in [2.75, 3.05) is 11.6 Å². The van der Waals surface area contributed by atoms with Crippen molar-refractivity contribution in [3.63, 3.8) is 0 Å². The fourth-order valence-electron chi connectivity index (χ4n) is 3.06. The van der Waals surface area contributed by atoms with E-state index < -0.39 is 12.0 Å². The Kier molecular flexibility index (Phi) is 5.40. The van der Waals surface area contributed by atoms with Crippen LogP contribution in [-0.4, -0.2) is 50.4 Å². The summed E-state index contributed by atoms with van der Waals surface area (Å²) in [5.74, 6) is 0.0510. The van der Waals surface area contributed by atoms with E-state index in [4.69, 9.17) is 5.11 Å². The van der Waals surface area contributed by atoms with Crippen LogP contribution in [0.15, 0.2) is 5.38 Å². The highest BCUT2D eigenvalue weighted by atomic mass is 32.2. The minimum Gasteiger partial charge on any atom is -0.476 e. The molecule has 9 heteroatoms. The molecule has 1 saturated heterocycles. The Labute approximate surface area is 147 Å². The molecule has 1 aromatic heterocycles. The van der Waals surface area contributed by atoms with E-state index in [1.54, 1.807) is 16.7 Å². The highest BCUT2D eigenvalue weighted by Gasteiger charge is 2.38. The number of carbonyl (C=O) groups is 3. The summed E-state index contributed by atoms with van der Waals surface area (Å²) < 4.78 is 0. The molecule has 7 nitrogen and oxygen atoms in total. The molecule has 1 atom stereocenters. The standard InChI is InChI=1S/C15H19N3O4S2/c19-13(16-5-12-17-10(6-24-12)15(21)22)11-7-23-8-18(11)14(20)9-3-1-2-4-9/h6,9,11H,1-5,7-8H2,(H,16,19)(H,21,22). The summed E-state index contributed by atoms with van der Waals surface area (Å²) >= 11 is 2.79. The van der Waals surface area contributed by atoms with Crippen LogP contribution in [0, 0.1) is 5.92 Å². The predicted octanol–water partition coefficient (Wildman–Crippen LogP) is 1.55. The van der Waals surface area contributed by atoms with Crippen molar-refractivity contribution >= 4 is 40.9 Å². The number of hydrogen-bond acceptors (Lipinski definition) is 6. The normalized spacial score (nSPS) is 21.2. The van der Waals surface area contributed by atoms with Gasteiger partial charge in [0.1, 0.15) is 11.0 Å². The van der Waals surface area contributed by atoms with E-state index in [0.29, 0.717) is 16.6 Å². The SMILES string of the molecule is O=C(O)c1csc(CNC(=O)C2CSCN2C(=O)C2CCCC2)n1. The zero-order valence-electron chi connectivity index (χ0n) is 13.1. The van der Waals surface area contributed by atoms with Gasteiger partial charge in [0.05, 0.1) is 12.4 Å². The van der Waals surface area contributed by atoms with Gasteiger partial charge in [0.15, 0.2) is 5.69 Å². The van der Waals surface area contributed by atoms with Gasteiger partial charge in [0.2, 0.25) is 11.8 Å². The molecule has 2 aliphatic rings. The lowest BCUT2D eigenvalue weighted by Crippen LogP contribution is -2.48. The summed E-state index contributed by atoms with van der Waals surface area (Å²) in [5.41, 5.74) is -0.0151. The van der Waals surface area contributed by atoms with Gasteiger partial charge in [0.25, 0.3) is 0 Å². The van der Waals surface area contributed by atoms with Crippen molar-refractivity contribution in [1.82, 2.24) is 15.2 Å². The van der Waals surface area contributed by atoms with Crippen molar-refractivity contribution in [3.05, 3.63) is 16.1 Å². The van der Waals surface area contributed by atoms with Gasteiger partial charge in [-0.05, 0) is 12.8 Å². The maximum Gasteiger partial charge on any atom is 0.355 e. The fraction of sp³-hybridized carbons (Fsp3) is 0.600. The second-order valence-electron chi connectivity index (χ2n) is 5.95. The average molecular weight is 369 g/mol. The maximum absolute atomic E-state index is 12.6. The van der Waals surface area contributed by atoms with Gasteiger partial charge in [-0.2, -0.15) is 0 Å². The largest absolute Gasteiger partial charge is 0.476 e. The van der Waals surface area contributed by atoms with Gasteiger partial charge in [-0.3, -0.25) is 9.59 Å². The molecule has 1 aliphatic carbocycles. The molecule has 0 aromatic carbocycles. The van der Waals surface area contributed by atoms with Crippen molar-refractivity contribution in [3.8, 4) is 0 Å². The number of carboxylic acids is 1. The lowest BCUT2D eigenvalue weighted by molar-refractivity contribution is -0.141. The molecular formula is C15H19N3O4S2. The van der Waals surface area contributed by atoms with Crippen LogP contribution in [0.2, 0.25) is 0 Å². The Hall–Kier alpha value is -1.61. The number of thioether (sulfide) groups is 1. The van der Waals surface area contributed by atoms with Gasteiger partial charge in [-0.1, -0.05) is 12.8 Å². The predicted molar refractivity (Wildman–Crippen MR) is 90.8 cm³/mol. The first-order valence-electron chi connectivity index (χ1n) is 7.90. The van der Waals surface area contributed by atoms with Gasteiger partial charge in [-0.25, -0.2) is 9.78 Å². The zero-order valence-corrected chi connectivity index (χ0v) is 14.7. The molecular weight excluding hydrogens is 350 g/mol. The summed E-state index contributed by atoms with van der Waals surface area (Å²) in [7, 11) is 0. The highest BCUT2D eigenvalue weighted by molar-refractivity contribution is 7.99. The molecule has 2 heterocycles. The lowest BCUT2D eigenvalue weighted by atomic mass is 10.1. The summed E-state index contributed by atoms with van der Waals surface area (Å²) in [5, 5.41) is 13.6. The average Bonchev–Trinajstić information content (AvgIpc) is 3.33. The molecule has 0 radical (unpaired) electrons. The molecule has 1 unspecified atom stereocenters. The van der Waals surface area contributed by atoms with Crippen LogP contribution < -0.4 is 5.32 Å². The molecule has 130 valence electrons. The first-order valence-corrected chi connectivity index (χ1v) is 9.93. The van der Waals surface area contributed by atoms with Crippen LogP contribution in [0.5, 0.6) is 0 Å². The second kappa shape index (κ2) is 7.52. The summed E-state index contributed by atoms with van der Waals surface area (Å²) in [6.45, 7) is 0.184. The van der Waals surface area contributed by atoms with E-state index in [-0.39, 0.29) is 30.0 Å². The quantitative estimate of drug-likeness (QED) is 0.817. The summed E-state index contributed by atoms with van der Waals surface area (Å²) in [6, 6.07) is -0.443. The van der Waals surface area contributed by atoms with Crippen LogP contribution in [0.3, 0.4) is 0 Å². The fourth-order valence-corrected chi connectivity index (χ4v) is 4.93. The third-order valence-corrected chi connectivity index (χ3v) is 6.22. The number of carbonyl (C=O) groups excluding carboxylic acids is 2. The molecule has 24 heavy (non-hydrogen) atoms. The third kappa shape index (κ3) is 3.72. The molecule has 0 bridgehead atoms. The molecule has 3 rings (SSSR count). The van der Waals surface area contributed by atoms with Crippen LogP contribution in [0.4, 0.5) is 0 Å². The topological polar surface area (TPSA) is 99.6 Å². The Morgan fingerprint density at radius 3 is 2.75 bits per heavy atom. The van der Waals surface area contributed by atoms with E-state index in [1.165, 1.54) is 16.7 Å². The second-order valence-corrected chi connectivity index (χ2v) is 7.90. The number of nitrogens with zero attached hydrogens (tertiary/aromatic N) is 2. The number of carboxylic acid groups (broad SMARTS) is 1. The number of nitrogens with one attached hydrogen (secondary N) is 1. The van der Waals surface area contributed by atoms with E-state index in [1.807, 2.05) is 0 Å². The van der Waals surface area contributed by atoms with E-state index in [2.05, 4.69) is 10.3 Å². The third-order valence-electron chi connectivity index (χ3n) is 4.36. The molecule has 1 saturated carbocycles. The lowest BCUT2D eigenvalue weighted by Gasteiger charge is -2.25. The van der Waals surface area contributed by atoms with Gasteiger partial charge >= 0.3 is 5.97 Å². The van der Waals surface area contributed by atoms with Crippen molar-refractivity contribution in [2.45, 2.75) is 38.3 Å². The Balaban J connectivity index is 1.56. The number of thiazole rings is 1. The maximum atomic E-state index is 12.6. The van der Waals surface area contributed by atoms with Crippen molar-refractivity contribution in [2.24, 2.45) is 5.92 Å². The van der Waals surface area contributed by atoms with Gasteiger partial charge < -0.3 is 15.3 Å². The molecule has 2 amide bonds. The van der Waals surface area contributed by atoms with Crippen LogP contribution >= 0.6 is 23.1 Å². The van der Waals surface area contributed by atoms with Crippen LogP contribution in [0.1, 0.15) is 41.2 Å². The molecule has 2 fully saturated rings. The summed E-state index contributed by atoms with van der Waals surface area (Å²) in [6.07, 6.45) is 4.02. The number of amides is 2. The Morgan fingerprint density at radius 2 is 2.08 bits per heavy atom. The van der Waals surface area contributed by atoms with Gasteiger partial charge in [0, 0.05) is 17.1 Å². The van der Waals surface area contributed by atoms with Crippen molar-refractivity contribution in [1.29, 1.82) is 0 Å². The van der Waals surface area contributed by atoms with Gasteiger partial charge in [-0.15, -0.1) is 23.1 Å². The van der Waals surface area contributed by atoms with Crippen molar-refractivity contribution < 1.29 is 19.5 Å². The number of aromatic nitrogens is 1. The van der Waals surface area contributed by atoms with E-state index in [0.717, 1.165) is 25.7 Å².